The molecule has 4 aliphatic rings. The highest BCUT2D eigenvalue weighted by atomic mass is 16.5. The molecule has 4 aliphatic carbocycles. The molecule has 0 aromatic heterocycles. The Morgan fingerprint density at radius 1 is 1.00 bits per heavy atom. The van der Waals surface area contributed by atoms with E-state index < -0.39 is 0 Å². The Morgan fingerprint density at radius 3 is 2.40 bits per heavy atom. The van der Waals surface area contributed by atoms with Gasteiger partial charge in [-0.15, -0.1) is 0 Å². The van der Waals surface area contributed by atoms with E-state index in [0.717, 1.165) is 36.0 Å². The van der Waals surface area contributed by atoms with Crippen molar-refractivity contribution in [1.29, 1.82) is 0 Å². The van der Waals surface area contributed by atoms with Gasteiger partial charge in [-0.2, -0.15) is 0 Å². The molecule has 0 radical (unpaired) electrons. The van der Waals surface area contributed by atoms with Crippen molar-refractivity contribution >= 4 is 11.9 Å². The third kappa shape index (κ3) is 2.80. The lowest BCUT2D eigenvalue weighted by atomic mass is 9.70. The third-order valence-electron chi connectivity index (χ3n) is 8.01. The fourth-order valence-electron chi connectivity index (χ4n) is 7.02. The van der Waals surface area contributed by atoms with Gasteiger partial charge in [0.2, 0.25) is 0 Å². The Balaban J connectivity index is 1.34. The molecule has 4 heteroatoms. The molecule has 4 fully saturated rings. The van der Waals surface area contributed by atoms with Crippen LogP contribution in [0.25, 0.3) is 0 Å². The van der Waals surface area contributed by atoms with Crippen LogP contribution in [0, 0.1) is 47.3 Å². The van der Waals surface area contributed by atoms with Crippen molar-refractivity contribution < 1.29 is 19.1 Å². The molecule has 0 amide bonds. The van der Waals surface area contributed by atoms with Crippen LogP contribution < -0.4 is 0 Å². The van der Waals surface area contributed by atoms with Crippen molar-refractivity contribution in [2.24, 2.45) is 47.3 Å². The third-order valence-corrected chi connectivity index (χ3v) is 8.01. The number of methoxy groups -OCH3 is 1. The lowest BCUT2D eigenvalue weighted by Gasteiger charge is -2.38. The summed E-state index contributed by atoms with van der Waals surface area (Å²) >= 11 is 0. The van der Waals surface area contributed by atoms with E-state index in [1.807, 2.05) is 13.8 Å². The van der Waals surface area contributed by atoms with Crippen LogP contribution in [0.5, 0.6) is 0 Å². The van der Waals surface area contributed by atoms with E-state index >= 15 is 0 Å². The van der Waals surface area contributed by atoms with Crippen molar-refractivity contribution in [2.45, 2.75) is 64.9 Å². The molecule has 0 aromatic rings. The first-order valence-corrected chi connectivity index (χ1v) is 10.3. The number of esters is 2. The van der Waals surface area contributed by atoms with E-state index in [-0.39, 0.29) is 29.9 Å². The van der Waals surface area contributed by atoms with Gasteiger partial charge in [-0.05, 0) is 80.5 Å². The van der Waals surface area contributed by atoms with Gasteiger partial charge < -0.3 is 9.47 Å². The van der Waals surface area contributed by atoms with E-state index in [2.05, 4.69) is 0 Å². The maximum absolute atomic E-state index is 12.6. The molecule has 140 valence electrons. The maximum atomic E-state index is 12.6. The average molecular weight is 348 g/mol. The molecule has 0 aromatic carbocycles. The summed E-state index contributed by atoms with van der Waals surface area (Å²) in [5.74, 6) is 4.32. The number of carbonyl (C=O) groups is 2. The van der Waals surface area contributed by atoms with E-state index in [4.69, 9.17) is 9.47 Å². The summed E-state index contributed by atoms with van der Waals surface area (Å²) < 4.78 is 10.8. The predicted molar refractivity (Wildman–Crippen MR) is 93.5 cm³/mol. The quantitative estimate of drug-likeness (QED) is 0.541. The molecular formula is C21H32O4. The summed E-state index contributed by atoms with van der Waals surface area (Å²) in [7, 11) is 1.41. The molecule has 4 nitrogen and oxygen atoms in total. The minimum atomic E-state index is -0.237. The highest BCUT2D eigenvalue weighted by Gasteiger charge is 2.63. The van der Waals surface area contributed by atoms with Gasteiger partial charge in [0, 0.05) is 0 Å². The number of rotatable bonds is 6. The van der Waals surface area contributed by atoms with Crippen molar-refractivity contribution in [1.82, 2.24) is 0 Å². The largest absolute Gasteiger partial charge is 0.469 e. The number of fused-ring (bicyclic) bond motifs is 9. The first kappa shape index (κ1) is 17.4. The SMILES string of the molecule is CCC(CC(C)C(=O)OC1CC2CC1C1C3CCC(C3)C21)C(=O)OC. The molecule has 0 aliphatic heterocycles. The Labute approximate surface area is 151 Å². The lowest BCUT2D eigenvalue weighted by Crippen LogP contribution is -2.38. The summed E-state index contributed by atoms with van der Waals surface area (Å²) in [6.45, 7) is 3.85. The normalized spacial score (nSPS) is 42.9. The topological polar surface area (TPSA) is 52.6 Å². The van der Waals surface area contributed by atoms with Gasteiger partial charge in [-0.1, -0.05) is 13.8 Å². The minimum Gasteiger partial charge on any atom is -0.469 e. The van der Waals surface area contributed by atoms with Crippen LogP contribution in [0.4, 0.5) is 0 Å². The highest BCUT2D eigenvalue weighted by Crippen LogP contribution is 2.67. The molecule has 0 saturated heterocycles. The Bertz CT molecular complexity index is 544. The van der Waals surface area contributed by atoms with E-state index in [0.29, 0.717) is 18.8 Å². The van der Waals surface area contributed by atoms with Crippen LogP contribution >= 0.6 is 0 Å². The van der Waals surface area contributed by atoms with E-state index in [1.54, 1.807) is 0 Å². The van der Waals surface area contributed by atoms with Crippen LogP contribution in [-0.4, -0.2) is 25.2 Å². The number of ether oxygens (including phenoxy) is 2. The van der Waals surface area contributed by atoms with Crippen LogP contribution in [0.15, 0.2) is 0 Å². The second kappa shape index (κ2) is 6.59. The fraction of sp³-hybridized carbons (Fsp3) is 0.905. The van der Waals surface area contributed by atoms with E-state index in [9.17, 15) is 9.59 Å². The Morgan fingerprint density at radius 2 is 1.72 bits per heavy atom. The van der Waals surface area contributed by atoms with E-state index in [1.165, 1.54) is 32.8 Å². The Hall–Kier alpha value is -1.06. The van der Waals surface area contributed by atoms with Crippen LogP contribution in [0.1, 0.15) is 58.8 Å². The molecule has 4 rings (SSSR count). The molecule has 4 bridgehead atoms. The molecule has 0 heterocycles. The van der Waals surface area contributed by atoms with Gasteiger partial charge in [0.15, 0.2) is 0 Å². The first-order valence-electron chi connectivity index (χ1n) is 10.3. The molecule has 4 saturated carbocycles. The standard InChI is InChI=1S/C21H32O4/c1-4-12(21(23)24-3)7-11(2)20(22)25-17-10-15-9-16(17)19-14-6-5-13(8-14)18(15)19/h11-19H,4-10H2,1-3H3. The average Bonchev–Trinajstić information content (AvgIpc) is 3.37. The summed E-state index contributed by atoms with van der Waals surface area (Å²) in [5.41, 5.74) is 0. The summed E-state index contributed by atoms with van der Waals surface area (Å²) in [5, 5.41) is 0. The highest BCUT2D eigenvalue weighted by molar-refractivity contribution is 5.75. The molecule has 9 unspecified atom stereocenters. The predicted octanol–water partition coefficient (Wildman–Crippen LogP) is 3.83. The van der Waals surface area contributed by atoms with Crippen molar-refractivity contribution in [3.8, 4) is 0 Å². The minimum absolute atomic E-state index is 0.111. The molecular weight excluding hydrogens is 316 g/mol. The van der Waals surface area contributed by atoms with Gasteiger partial charge in [0.05, 0.1) is 18.9 Å². The molecule has 0 spiro atoms. The molecule has 9 atom stereocenters. The van der Waals surface area contributed by atoms with Gasteiger partial charge in [-0.25, -0.2) is 0 Å². The van der Waals surface area contributed by atoms with Crippen LogP contribution in [0.3, 0.4) is 0 Å². The van der Waals surface area contributed by atoms with Crippen molar-refractivity contribution in [2.75, 3.05) is 7.11 Å². The number of hydrogen-bond donors (Lipinski definition) is 0. The zero-order valence-electron chi connectivity index (χ0n) is 15.8. The van der Waals surface area contributed by atoms with Gasteiger partial charge in [0.1, 0.15) is 6.10 Å². The fourth-order valence-corrected chi connectivity index (χ4v) is 7.02. The van der Waals surface area contributed by atoms with Crippen molar-refractivity contribution in [3.05, 3.63) is 0 Å². The monoisotopic (exact) mass is 348 g/mol. The zero-order valence-corrected chi connectivity index (χ0v) is 15.8. The smallest absolute Gasteiger partial charge is 0.308 e. The Kier molecular flexibility index (Phi) is 4.57. The second-order valence-corrected chi connectivity index (χ2v) is 9.12. The summed E-state index contributed by atoms with van der Waals surface area (Å²) in [6, 6.07) is 0. The van der Waals surface area contributed by atoms with Crippen LogP contribution in [0.2, 0.25) is 0 Å². The zero-order chi connectivity index (χ0) is 17.7. The molecule has 25 heavy (non-hydrogen) atoms. The van der Waals surface area contributed by atoms with Crippen molar-refractivity contribution in [3.63, 3.8) is 0 Å². The van der Waals surface area contributed by atoms with Crippen LogP contribution in [-0.2, 0) is 19.1 Å². The first-order chi connectivity index (χ1) is 12.0. The van der Waals surface area contributed by atoms with Gasteiger partial charge >= 0.3 is 11.9 Å². The molecule has 0 N–H and O–H groups in total. The number of carbonyl (C=O) groups excluding carboxylic acids is 2. The van der Waals surface area contributed by atoms with Gasteiger partial charge in [0.25, 0.3) is 0 Å². The summed E-state index contributed by atoms with van der Waals surface area (Å²) in [6.07, 6.45) is 8.03. The second-order valence-electron chi connectivity index (χ2n) is 9.12. The maximum Gasteiger partial charge on any atom is 0.308 e. The lowest BCUT2D eigenvalue weighted by molar-refractivity contribution is -0.159. The summed E-state index contributed by atoms with van der Waals surface area (Å²) in [4.78, 5) is 24.4. The number of hydrogen-bond acceptors (Lipinski definition) is 4. The van der Waals surface area contributed by atoms with Gasteiger partial charge in [-0.3, -0.25) is 9.59 Å².